The fraction of sp³-hybridized carbons (Fsp3) is 1.00. The molecule has 0 spiro atoms. The summed E-state index contributed by atoms with van der Waals surface area (Å²) in [5.41, 5.74) is 0. The molecular formula is C2HClF3NaO2S. The van der Waals surface area contributed by atoms with Crippen molar-refractivity contribution in [1.29, 1.82) is 0 Å². The molecule has 0 radical (unpaired) electrons. The van der Waals surface area contributed by atoms with E-state index >= 15 is 0 Å². The third kappa shape index (κ3) is 4.92. The molecule has 0 aliphatic heterocycles. The van der Waals surface area contributed by atoms with Gasteiger partial charge in [-0.05, 0) is 11.1 Å². The van der Waals surface area contributed by atoms with E-state index in [0.29, 0.717) is 0 Å². The van der Waals surface area contributed by atoms with Gasteiger partial charge in [0.15, 0.2) is 4.71 Å². The van der Waals surface area contributed by atoms with Crippen molar-refractivity contribution in [2.24, 2.45) is 0 Å². The third-order valence-electron chi connectivity index (χ3n) is 0.426. The van der Waals surface area contributed by atoms with Gasteiger partial charge in [-0.3, -0.25) is 4.21 Å². The topological polar surface area (TPSA) is 40.1 Å². The molecule has 2 nitrogen and oxygen atoms in total. The van der Waals surface area contributed by atoms with Gasteiger partial charge in [-0.1, -0.05) is 11.6 Å². The molecular weight excluding hydrogens is 204 g/mol. The predicted octanol–water partition coefficient (Wildman–Crippen LogP) is -2.00. The summed E-state index contributed by atoms with van der Waals surface area (Å²) in [5.74, 6) is 0. The van der Waals surface area contributed by atoms with E-state index in [4.69, 9.17) is 0 Å². The zero-order chi connectivity index (χ0) is 7.65. The van der Waals surface area contributed by atoms with Crippen LogP contribution in [0.15, 0.2) is 0 Å². The number of halogens is 4. The van der Waals surface area contributed by atoms with Gasteiger partial charge in [0.05, 0.1) is 0 Å². The molecule has 0 aliphatic rings. The summed E-state index contributed by atoms with van der Waals surface area (Å²) in [7, 11) is 0. The van der Waals surface area contributed by atoms with Crippen LogP contribution in [0, 0.1) is 0 Å². The first-order valence-corrected chi connectivity index (χ1v) is 3.22. The molecule has 0 rings (SSSR count). The summed E-state index contributed by atoms with van der Waals surface area (Å²) in [6.07, 6.45) is -4.87. The SMILES string of the molecule is O=S([O-])C(Cl)C(F)(F)F.[Na+]. The monoisotopic (exact) mass is 204 g/mol. The summed E-state index contributed by atoms with van der Waals surface area (Å²) in [4.78, 5) is 0. The molecule has 0 aromatic rings. The summed E-state index contributed by atoms with van der Waals surface area (Å²) in [6.45, 7) is 0. The van der Waals surface area contributed by atoms with Crippen molar-refractivity contribution < 1.29 is 51.5 Å². The van der Waals surface area contributed by atoms with Crippen molar-refractivity contribution in [3.05, 3.63) is 0 Å². The van der Waals surface area contributed by atoms with Gasteiger partial charge in [-0.2, -0.15) is 13.2 Å². The summed E-state index contributed by atoms with van der Waals surface area (Å²) < 4.78 is 49.7. The van der Waals surface area contributed by atoms with E-state index in [2.05, 4.69) is 11.6 Å². The number of hydrogen-bond acceptors (Lipinski definition) is 2. The molecule has 0 aromatic heterocycles. The summed E-state index contributed by atoms with van der Waals surface area (Å²) >= 11 is 1.06. The molecule has 56 valence electrons. The quantitative estimate of drug-likeness (QED) is 0.282. The maximum absolute atomic E-state index is 11.2. The number of alkyl halides is 4. The second kappa shape index (κ2) is 4.95. The largest absolute Gasteiger partial charge is 1.00 e. The van der Waals surface area contributed by atoms with Crippen LogP contribution in [0.3, 0.4) is 0 Å². The molecule has 0 saturated heterocycles. The molecule has 0 bridgehead atoms. The van der Waals surface area contributed by atoms with Crippen LogP contribution in [0.4, 0.5) is 13.2 Å². The van der Waals surface area contributed by atoms with Crippen LogP contribution in [0.25, 0.3) is 0 Å². The standard InChI is InChI=1S/C2H2ClF3O2S.Na/c3-1(9(7)8)2(4,5)6;/h1H,(H,7,8);/q;+1/p-1. The van der Waals surface area contributed by atoms with E-state index in [1.165, 1.54) is 0 Å². The second-order valence-corrected chi connectivity index (χ2v) is 2.81. The molecule has 0 saturated carbocycles. The molecule has 2 unspecified atom stereocenters. The van der Waals surface area contributed by atoms with Gasteiger partial charge >= 0.3 is 35.7 Å². The van der Waals surface area contributed by atoms with Gasteiger partial charge in [0.2, 0.25) is 0 Å². The van der Waals surface area contributed by atoms with Crippen molar-refractivity contribution in [1.82, 2.24) is 0 Å². The first-order chi connectivity index (χ1) is 3.85. The van der Waals surface area contributed by atoms with Crippen LogP contribution in [0.2, 0.25) is 0 Å². The first-order valence-electron chi connectivity index (χ1n) is 1.64. The van der Waals surface area contributed by atoms with E-state index in [1.54, 1.807) is 0 Å². The van der Waals surface area contributed by atoms with Crippen molar-refractivity contribution in [2.75, 3.05) is 0 Å². The summed E-state index contributed by atoms with van der Waals surface area (Å²) in [6, 6.07) is 0. The van der Waals surface area contributed by atoms with E-state index in [1.807, 2.05) is 0 Å². The van der Waals surface area contributed by atoms with E-state index in [9.17, 15) is 21.9 Å². The van der Waals surface area contributed by atoms with Gasteiger partial charge in [0.1, 0.15) is 0 Å². The van der Waals surface area contributed by atoms with Crippen LogP contribution in [-0.2, 0) is 11.1 Å². The van der Waals surface area contributed by atoms with Crippen LogP contribution < -0.4 is 29.6 Å². The number of hydrogen-bond donors (Lipinski definition) is 0. The molecule has 0 fully saturated rings. The fourth-order valence-corrected chi connectivity index (χ4v) is 0.327. The Hall–Kier alpha value is 1.19. The average Bonchev–Trinajstić information content (AvgIpc) is 1.62. The van der Waals surface area contributed by atoms with Gasteiger partial charge in [-0.15, -0.1) is 0 Å². The van der Waals surface area contributed by atoms with Crippen molar-refractivity contribution >= 4 is 22.7 Å². The van der Waals surface area contributed by atoms with Gasteiger partial charge in [0, 0.05) is 0 Å². The Bertz CT molecular complexity index is 128. The minimum atomic E-state index is -4.87. The van der Waals surface area contributed by atoms with Crippen LogP contribution in [0.1, 0.15) is 0 Å². The molecule has 2 atom stereocenters. The molecule has 0 aliphatic carbocycles. The molecule has 0 N–H and O–H groups in total. The van der Waals surface area contributed by atoms with E-state index < -0.39 is 22.0 Å². The molecule has 10 heavy (non-hydrogen) atoms. The minimum absolute atomic E-state index is 0. The predicted molar refractivity (Wildman–Crippen MR) is 24.6 cm³/mol. The molecule has 8 heteroatoms. The van der Waals surface area contributed by atoms with Crippen molar-refractivity contribution in [3.8, 4) is 0 Å². The molecule has 0 heterocycles. The Labute approximate surface area is 84.7 Å². The van der Waals surface area contributed by atoms with E-state index in [0.717, 1.165) is 0 Å². The normalized spacial score (nSPS) is 17.3. The Morgan fingerprint density at radius 2 is 1.80 bits per heavy atom. The zero-order valence-corrected chi connectivity index (χ0v) is 8.39. The molecule has 0 amide bonds. The Morgan fingerprint density at radius 1 is 1.50 bits per heavy atom. The smallest absolute Gasteiger partial charge is 0.771 e. The Morgan fingerprint density at radius 3 is 1.80 bits per heavy atom. The third-order valence-corrected chi connectivity index (χ3v) is 1.72. The Kier molecular flexibility index (Phi) is 6.81. The van der Waals surface area contributed by atoms with Gasteiger partial charge < -0.3 is 4.55 Å². The van der Waals surface area contributed by atoms with Crippen LogP contribution in [0.5, 0.6) is 0 Å². The average molecular weight is 205 g/mol. The maximum Gasteiger partial charge on any atom is 1.00 e. The fourth-order valence-electron chi connectivity index (χ4n) is 0.109. The zero-order valence-electron chi connectivity index (χ0n) is 4.81. The van der Waals surface area contributed by atoms with Crippen molar-refractivity contribution in [3.63, 3.8) is 0 Å². The van der Waals surface area contributed by atoms with Gasteiger partial charge in [0.25, 0.3) is 0 Å². The summed E-state index contributed by atoms with van der Waals surface area (Å²) in [5, 5.41) is 0. The van der Waals surface area contributed by atoms with Gasteiger partial charge in [-0.25, -0.2) is 0 Å². The second-order valence-electron chi connectivity index (χ2n) is 1.12. The minimum Gasteiger partial charge on any atom is -0.771 e. The van der Waals surface area contributed by atoms with Crippen LogP contribution >= 0.6 is 11.6 Å². The Balaban J connectivity index is 0. The molecule has 0 aromatic carbocycles. The number of rotatable bonds is 1. The van der Waals surface area contributed by atoms with Crippen LogP contribution in [-0.4, -0.2) is 19.6 Å². The van der Waals surface area contributed by atoms with Crippen molar-refractivity contribution in [2.45, 2.75) is 10.9 Å². The first kappa shape index (κ1) is 13.8. The maximum atomic E-state index is 11.2. The van der Waals surface area contributed by atoms with E-state index in [-0.39, 0.29) is 29.6 Å².